The van der Waals surface area contributed by atoms with E-state index in [1.807, 2.05) is 56.3 Å². The zero-order valence-corrected chi connectivity index (χ0v) is 19.8. The zero-order chi connectivity index (χ0) is 24.1. The Bertz CT molecular complexity index is 1350. The van der Waals surface area contributed by atoms with Gasteiger partial charge in [0.2, 0.25) is 11.6 Å². The number of fused-ring (bicyclic) bond motifs is 1. The standard InChI is InChI=1S/C25H26ClN5O3/c1-3-34-20-10-8-19(9-11-20)30-12-13-31-22(28-29-24(31)25(30)33)14-17(2)15-23(32)27-16-18-6-4-5-7-21(18)26/h4-13,17H,3,14-16H2,1-2H3,(H,27,32)/t17-/m1/s1. The van der Waals surface area contributed by atoms with Gasteiger partial charge in [-0.15, -0.1) is 10.2 Å². The molecule has 0 fully saturated rings. The summed E-state index contributed by atoms with van der Waals surface area (Å²) in [5.41, 5.74) is 1.55. The van der Waals surface area contributed by atoms with E-state index < -0.39 is 0 Å². The van der Waals surface area contributed by atoms with Crippen molar-refractivity contribution in [2.45, 2.75) is 33.2 Å². The van der Waals surface area contributed by atoms with Gasteiger partial charge in [-0.25, -0.2) is 0 Å². The quantitative estimate of drug-likeness (QED) is 0.394. The molecular weight excluding hydrogens is 454 g/mol. The Balaban J connectivity index is 1.42. The summed E-state index contributed by atoms with van der Waals surface area (Å²) in [5, 5.41) is 11.9. The van der Waals surface area contributed by atoms with Crippen LogP contribution in [0.4, 0.5) is 0 Å². The van der Waals surface area contributed by atoms with Crippen LogP contribution < -0.4 is 15.6 Å². The molecule has 0 saturated heterocycles. The van der Waals surface area contributed by atoms with Crippen molar-refractivity contribution in [1.29, 1.82) is 0 Å². The first-order chi connectivity index (χ1) is 16.5. The molecule has 0 aliphatic carbocycles. The van der Waals surface area contributed by atoms with Crippen LogP contribution in [0.3, 0.4) is 0 Å². The van der Waals surface area contributed by atoms with Gasteiger partial charge in [0.25, 0.3) is 0 Å². The second-order valence-corrected chi connectivity index (χ2v) is 8.50. The number of halogens is 1. The van der Waals surface area contributed by atoms with Crippen molar-refractivity contribution in [2.75, 3.05) is 6.61 Å². The predicted molar refractivity (Wildman–Crippen MR) is 131 cm³/mol. The smallest absolute Gasteiger partial charge is 0.300 e. The molecule has 8 nitrogen and oxygen atoms in total. The molecule has 0 spiro atoms. The fourth-order valence-corrected chi connectivity index (χ4v) is 3.96. The Morgan fingerprint density at radius 2 is 1.88 bits per heavy atom. The maximum absolute atomic E-state index is 13.0. The maximum Gasteiger partial charge on any atom is 0.300 e. The third-order valence-corrected chi connectivity index (χ3v) is 5.83. The number of ether oxygens (including phenoxy) is 1. The van der Waals surface area contributed by atoms with Gasteiger partial charge >= 0.3 is 5.56 Å². The van der Waals surface area contributed by atoms with Gasteiger partial charge in [-0.2, -0.15) is 0 Å². The molecular formula is C25H26ClN5O3. The van der Waals surface area contributed by atoms with Gasteiger partial charge < -0.3 is 10.1 Å². The molecule has 34 heavy (non-hydrogen) atoms. The second-order valence-electron chi connectivity index (χ2n) is 8.09. The van der Waals surface area contributed by atoms with Crippen LogP contribution in [0.25, 0.3) is 11.3 Å². The van der Waals surface area contributed by atoms with Crippen LogP contribution in [0.15, 0.2) is 65.7 Å². The molecule has 0 bridgehead atoms. The van der Waals surface area contributed by atoms with E-state index in [4.69, 9.17) is 16.3 Å². The summed E-state index contributed by atoms with van der Waals surface area (Å²) in [4.78, 5) is 25.4. The zero-order valence-electron chi connectivity index (χ0n) is 19.1. The summed E-state index contributed by atoms with van der Waals surface area (Å²) in [6.07, 6.45) is 4.29. The Labute approximate surface area is 202 Å². The van der Waals surface area contributed by atoms with E-state index in [1.54, 1.807) is 22.9 Å². The molecule has 2 aromatic carbocycles. The van der Waals surface area contributed by atoms with Gasteiger partial charge in [0.05, 0.1) is 6.61 Å². The van der Waals surface area contributed by atoms with Gasteiger partial charge in [0, 0.05) is 42.5 Å². The van der Waals surface area contributed by atoms with Crippen molar-refractivity contribution in [3.8, 4) is 11.4 Å². The molecule has 2 aromatic heterocycles. The Morgan fingerprint density at radius 1 is 1.12 bits per heavy atom. The average Bonchev–Trinajstić information content (AvgIpc) is 3.23. The minimum atomic E-state index is -0.268. The fourth-order valence-electron chi connectivity index (χ4n) is 3.76. The first-order valence-electron chi connectivity index (χ1n) is 11.1. The van der Waals surface area contributed by atoms with Crippen LogP contribution in [-0.4, -0.2) is 31.7 Å². The number of hydrogen-bond donors (Lipinski definition) is 1. The van der Waals surface area contributed by atoms with Gasteiger partial charge in [-0.05, 0) is 48.7 Å². The lowest BCUT2D eigenvalue weighted by molar-refractivity contribution is -0.122. The van der Waals surface area contributed by atoms with E-state index in [9.17, 15) is 9.59 Å². The van der Waals surface area contributed by atoms with Gasteiger partial charge in [-0.3, -0.25) is 18.6 Å². The highest BCUT2D eigenvalue weighted by molar-refractivity contribution is 6.31. The average molecular weight is 480 g/mol. The molecule has 0 unspecified atom stereocenters. The molecule has 176 valence electrons. The summed E-state index contributed by atoms with van der Waals surface area (Å²) >= 11 is 6.14. The Kier molecular flexibility index (Phi) is 7.27. The highest BCUT2D eigenvalue weighted by atomic mass is 35.5. The van der Waals surface area contributed by atoms with Gasteiger partial charge in [-0.1, -0.05) is 36.7 Å². The largest absolute Gasteiger partial charge is 0.494 e. The summed E-state index contributed by atoms with van der Waals surface area (Å²) in [6.45, 7) is 4.85. The van der Waals surface area contributed by atoms with E-state index in [1.165, 1.54) is 4.57 Å². The first-order valence-corrected chi connectivity index (χ1v) is 11.5. The van der Waals surface area contributed by atoms with Crippen LogP contribution in [0, 0.1) is 5.92 Å². The molecule has 0 saturated carbocycles. The first kappa shape index (κ1) is 23.5. The number of carbonyl (C=O) groups is 1. The summed E-state index contributed by atoms with van der Waals surface area (Å²) in [5.74, 6) is 1.32. The van der Waals surface area contributed by atoms with Crippen molar-refractivity contribution < 1.29 is 9.53 Å². The van der Waals surface area contributed by atoms with Crippen LogP contribution in [0.2, 0.25) is 5.02 Å². The van der Waals surface area contributed by atoms with E-state index in [2.05, 4.69) is 15.5 Å². The van der Waals surface area contributed by atoms with Crippen molar-refractivity contribution in [3.63, 3.8) is 0 Å². The summed E-state index contributed by atoms with van der Waals surface area (Å²) in [6, 6.07) is 14.7. The van der Waals surface area contributed by atoms with Gasteiger partial charge in [0.15, 0.2) is 0 Å². The van der Waals surface area contributed by atoms with E-state index in [0.29, 0.717) is 42.5 Å². The van der Waals surface area contributed by atoms with Crippen molar-refractivity contribution in [1.82, 2.24) is 24.5 Å². The Morgan fingerprint density at radius 3 is 2.62 bits per heavy atom. The highest BCUT2D eigenvalue weighted by Crippen LogP contribution is 2.17. The van der Waals surface area contributed by atoms with Crippen LogP contribution in [0.5, 0.6) is 5.75 Å². The number of benzene rings is 2. The lowest BCUT2D eigenvalue weighted by atomic mass is 10.0. The highest BCUT2D eigenvalue weighted by Gasteiger charge is 2.16. The number of nitrogens with one attached hydrogen (secondary N) is 1. The SMILES string of the molecule is CCOc1ccc(-n2ccn3c(C[C@@H](C)CC(=O)NCc4ccccc4Cl)nnc3c2=O)cc1. The number of aromatic nitrogens is 4. The lowest BCUT2D eigenvalue weighted by Gasteiger charge is -2.12. The van der Waals surface area contributed by atoms with Gasteiger partial charge in [0.1, 0.15) is 11.6 Å². The second kappa shape index (κ2) is 10.5. The molecule has 1 atom stereocenters. The van der Waals surface area contributed by atoms with Crippen LogP contribution in [-0.2, 0) is 17.8 Å². The molecule has 0 aliphatic rings. The number of carbonyl (C=O) groups excluding carboxylic acids is 1. The Hall–Kier alpha value is -3.65. The molecule has 0 radical (unpaired) electrons. The van der Waals surface area contributed by atoms with Crippen molar-refractivity contribution >= 4 is 23.2 Å². The van der Waals surface area contributed by atoms with Crippen molar-refractivity contribution in [2.24, 2.45) is 5.92 Å². The number of rotatable bonds is 9. The maximum atomic E-state index is 13.0. The van der Waals surface area contributed by atoms with E-state index >= 15 is 0 Å². The fraction of sp³-hybridized carbons (Fsp3) is 0.280. The number of amides is 1. The molecule has 0 aliphatic heterocycles. The number of hydrogen-bond acceptors (Lipinski definition) is 5. The molecule has 1 amide bonds. The third kappa shape index (κ3) is 5.28. The van der Waals surface area contributed by atoms with E-state index in [-0.39, 0.29) is 23.0 Å². The van der Waals surface area contributed by atoms with Crippen molar-refractivity contribution in [3.05, 3.63) is 87.7 Å². The lowest BCUT2D eigenvalue weighted by Crippen LogP contribution is -2.25. The molecule has 9 heteroatoms. The summed E-state index contributed by atoms with van der Waals surface area (Å²) < 4.78 is 8.67. The molecule has 4 aromatic rings. The minimum absolute atomic E-state index is 0.00665. The number of nitrogens with zero attached hydrogens (tertiary/aromatic N) is 4. The van der Waals surface area contributed by atoms with Crippen LogP contribution in [0.1, 0.15) is 31.7 Å². The molecule has 2 heterocycles. The molecule has 4 rings (SSSR count). The monoisotopic (exact) mass is 479 g/mol. The normalized spacial score (nSPS) is 12.0. The molecule has 1 N–H and O–H groups in total. The topological polar surface area (TPSA) is 90.5 Å². The third-order valence-electron chi connectivity index (χ3n) is 5.47. The predicted octanol–water partition coefficient (Wildman–Crippen LogP) is 3.82. The van der Waals surface area contributed by atoms with Crippen LogP contribution >= 0.6 is 11.6 Å². The van der Waals surface area contributed by atoms with E-state index in [0.717, 1.165) is 11.3 Å². The summed E-state index contributed by atoms with van der Waals surface area (Å²) in [7, 11) is 0. The minimum Gasteiger partial charge on any atom is -0.494 e.